The molecule has 0 saturated heterocycles. The largest absolute Gasteiger partial charge is 0.390 e. The Hall–Kier alpha value is -0.0400. The molecule has 0 bridgehead atoms. The zero-order chi connectivity index (χ0) is 10.7. The predicted molar refractivity (Wildman–Crippen MR) is 58.8 cm³/mol. The summed E-state index contributed by atoms with van der Waals surface area (Å²) < 4.78 is 0. The van der Waals surface area contributed by atoms with E-state index >= 15 is 0 Å². The summed E-state index contributed by atoms with van der Waals surface area (Å²) in [5, 5.41) is 10.1. The first kappa shape index (κ1) is 13.0. The van der Waals surface area contributed by atoms with E-state index in [1.54, 1.807) is 0 Å². The Morgan fingerprint density at radius 3 is 1.85 bits per heavy atom. The van der Waals surface area contributed by atoms with Crippen molar-refractivity contribution in [2.45, 2.75) is 66.4 Å². The predicted octanol–water partition coefficient (Wildman–Crippen LogP) is 3.61. The first-order valence-corrected chi connectivity index (χ1v) is 5.41. The maximum atomic E-state index is 10.1. The summed E-state index contributed by atoms with van der Waals surface area (Å²) in [6, 6.07) is 0. The quantitative estimate of drug-likeness (QED) is 0.711. The highest BCUT2D eigenvalue weighted by atomic mass is 16.3. The van der Waals surface area contributed by atoms with Crippen LogP contribution in [0, 0.1) is 11.3 Å². The van der Waals surface area contributed by atoms with Crippen LogP contribution in [0.2, 0.25) is 0 Å². The molecule has 0 aromatic rings. The van der Waals surface area contributed by atoms with Gasteiger partial charge >= 0.3 is 0 Å². The highest BCUT2D eigenvalue weighted by Gasteiger charge is 2.28. The van der Waals surface area contributed by atoms with Gasteiger partial charge in [-0.1, -0.05) is 41.0 Å². The summed E-state index contributed by atoms with van der Waals surface area (Å²) in [5.41, 5.74) is -0.153. The molecule has 0 aliphatic heterocycles. The minimum absolute atomic E-state index is 0.331. The summed E-state index contributed by atoms with van der Waals surface area (Å²) in [5.74, 6) is 0.398. The number of rotatable bonds is 4. The van der Waals surface area contributed by atoms with Crippen LogP contribution in [0.3, 0.4) is 0 Å². The van der Waals surface area contributed by atoms with E-state index in [1.807, 2.05) is 6.92 Å². The third kappa shape index (κ3) is 5.30. The molecule has 0 aromatic carbocycles. The fraction of sp³-hybridized carbons (Fsp3) is 1.00. The normalized spacial score (nSPS) is 19.6. The summed E-state index contributed by atoms with van der Waals surface area (Å²) in [6.45, 7) is 12.9. The van der Waals surface area contributed by atoms with Crippen molar-refractivity contribution >= 4 is 0 Å². The van der Waals surface area contributed by atoms with E-state index in [4.69, 9.17) is 0 Å². The van der Waals surface area contributed by atoms with E-state index in [1.165, 1.54) is 0 Å². The Kier molecular flexibility index (Phi) is 4.44. The Bertz CT molecular complexity index is 142. The van der Waals surface area contributed by atoms with Crippen molar-refractivity contribution in [3.63, 3.8) is 0 Å². The molecule has 2 atom stereocenters. The minimum Gasteiger partial charge on any atom is -0.390 e. The van der Waals surface area contributed by atoms with Crippen molar-refractivity contribution in [1.29, 1.82) is 0 Å². The van der Waals surface area contributed by atoms with Crippen molar-refractivity contribution < 1.29 is 5.11 Å². The van der Waals surface area contributed by atoms with Crippen molar-refractivity contribution in [3.05, 3.63) is 0 Å². The molecule has 0 aliphatic carbocycles. The SMILES string of the molecule is CCC(C)C(C)(O)CCC(C)(C)C. The molecule has 0 heterocycles. The molecule has 2 unspecified atom stereocenters. The van der Waals surface area contributed by atoms with E-state index in [0.717, 1.165) is 19.3 Å². The smallest absolute Gasteiger partial charge is 0.0645 e. The molecule has 0 rings (SSSR count). The third-order valence-corrected chi connectivity index (χ3v) is 3.06. The maximum Gasteiger partial charge on any atom is 0.0645 e. The molecular weight excluding hydrogens is 160 g/mol. The third-order valence-electron chi connectivity index (χ3n) is 3.06. The van der Waals surface area contributed by atoms with Crippen LogP contribution >= 0.6 is 0 Å². The van der Waals surface area contributed by atoms with E-state index < -0.39 is 5.60 Å². The van der Waals surface area contributed by atoms with Crippen LogP contribution in [0.25, 0.3) is 0 Å². The van der Waals surface area contributed by atoms with Gasteiger partial charge < -0.3 is 5.11 Å². The molecule has 0 saturated carbocycles. The molecule has 0 spiro atoms. The second kappa shape index (κ2) is 4.45. The van der Waals surface area contributed by atoms with Crippen molar-refractivity contribution in [2.75, 3.05) is 0 Å². The molecule has 80 valence electrons. The van der Waals surface area contributed by atoms with Crippen LogP contribution in [0.4, 0.5) is 0 Å². The van der Waals surface area contributed by atoms with E-state index in [-0.39, 0.29) is 0 Å². The summed E-state index contributed by atoms with van der Waals surface area (Å²) >= 11 is 0. The number of hydrogen-bond donors (Lipinski definition) is 1. The zero-order valence-corrected chi connectivity index (χ0v) is 10.1. The summed E-state index contributed by atoms with van der Waals surface area (Å²) in [7, 11) is 0. The van der Waals surface area contributed by atoms with Crippen LogP contribution in [-0.4, -0.2) is 10.7 Å². The Morgan fingerprint density at radius 2 is 1.54 bits per heavy atom. The van der Waals surface area contributed by atoms with Gasteiger partial charge in [-0.05, 0) is 31.1 Å². The van der Waals surface area contributed by atoms with E-state index in [9.17, 15) is 5.11 Å². The first-order valence-electron chi connectivity index (χ1n) is 5.41. The first-order chi connectivity index (χ1) is 5.69. The lowest BCUT2D eigenvalue weighted by molar-refractivity contribution is -0.0118. The second-order valence-electron chi connectivity index (χ2n) is 5.73. The molecule has 0 fully saturated rings. The van der Waals surface area contributed by atoms with Gasteiger partial charge in [-0.15, -0.1) is 0 Å². The van der Waals surface area contributed by atoms with E-state index in [2.05, 4.69) is 34.6 Å². The lowest BCUT2D eigenvalue weighted by Gasteiger charge is -2.32. The van der Waals surface area contributed by atoms with Gasteiger partial charge in [-0.25, -0.2) is 0 Å². The van der Waals surface area contributed by atoms with Crippen LogP contribution in [0.1, 0.15) is 60.8 Å². The molecule has 0 amide bonds. The van der Waals surface area contributed by atoms with Crippen molar-refractivity contribution in [1.82, 2.24) is 0 Å². The highest BCUT2D eigenvalue weighted by Crippen LogP contribution is 2.30. The van der Waals surface area contributed by atoms with Crippen LogP contribution in [0.5, 0.6) is 0 Å². The summed E-state index contributed by atoms with van der Waals surface area (Å²) in [4.78, 5) is 0. The van der Waals surface area contributed by atoms with Crippen LogP contribution in [0.15, 0.2) is 0 Å². The van der Waals surface area contributed by atoms with Crippen LogP contribution < -0.4 is 0 Å². The van der Waals surface area contributed by atoms with Gasteiger partial charge in [0.2, 0.25) is 0 Å². The molecule has 0 radical (unpaired) electrons. The Labute approximate surface area is 83.5 Å². The van der Waals surface area contributed by atoms with Crippen LogP contribution in [-0.2, 0) is 0 Å². The minimum atomic E-state index is -0.484. The maximum absolute atomic E-state index is 10.1. The molecule has 0 aliphatic rings. The zero-order valence-electron chi connectivity index (χ0n) is 10.1. The molecule has 1 N–H and O–H groups in total. The van der Waals surface area contributed by atoms with Gasteiger partial charge in [0.05, 0.1) is 5.60 Å². The lowest BCUT2D eigenvalue weighted by Crippen LogP contribution is -2.33. The number of aliphatic hydroxyl groups is 1. The average molecular weight is 186 g/mol. The van der Waals surface area contributed by atoms with Gasteiger partial charge in [0.15, 0.2) is 0 Å². The molecule has 0 aromatic heterocycles. The van der Waals surface area contributed by atoms with Gasteiger partial charge in [0, 0.05) is 0 Å². The average Bonchev–Trinajstić information content (AvgIpc) is 1.98. The van der Waals surface area contributed by atoms with Gasteiger partial charge in [-0.2, -0.15) is 0 Å². The molecule has 1 nitrogen and oxygen atoms in total. The molecule has 13 heavy (non-hydrogen) atoms. The number of hydrogen-bond acceptors (Lipinski definition) is 1. The molecular formula is C12H26O. The fourth-order valence-corrected chi connectivity index (χ4v) is 1.31. The van der Waals surface area contributed by atoms with E-state index in [0.29, 0.717) is 11.3 Å². The Balaban J connectivity index is 4.03. The summed E-state index contributed by atoms with van der Waals surface area (Å²) in [6.07, 6.45) is 3.05. The second-order valence-corrected chi connectivity index (χ2v) is 5.73. The topological polar surface area (TPSA) is 20.2 Å². The van der Waals surface area contributed by atoms with Crippen molar-refractivity contribution in [2.24, 2.45) is 11.3 Å². The van der Waals surface area contributed by atoms with Gasteiger partial charge in [0.1, 0.15) is 0 Å². The molecule has 1 heteroatoms. The Morgan fingerprint density at radius 1 is 1.08 bits per heavy atom. The standard InChI is InChI=1S/C12H26O/c1-7-10(2)12(6,13)9-8-11(3,4)5/h10,13H,7-9H2,1-6H3. The fourth-order valence-electron chi connectivity index (χ4n) is 1.31. The highest BCUT2D eigenvalue weighted by molar-refractivity contribution is 4.80. The lowest BCUT2D eigenvalue weighted by atomic mass is 9.79. The monoisotopic (exact) mass is 186 g/mol. The van der Waals surface area contributed by atoms with Gasteiger partial charge in [0.25, 0.3) is 0 Å². The van der Waals surface area contributed by atoms with Crippen molar-refractivity contribution in [3.8, 4) is 0 Å². The van der Waals surface area contributed by atoms with Gasteiger partial charge in [-0.3, -0.25) is 0 Å².